The fourth-order valence-corrected chi connectivity index (χ4v) is 12.8. The van der Waals surface area contributed by atoms with E-state index < -0.39 is 25.9 Å². The van der Waals surface area contributed by atoms with E-state index in [4.69, 9.17) is 8.23 Å². The lowest BCUT2D eigenvalue weighted by molar-refractivity contribution is 0.403. The van der Waals surface area contributed by atoms with Gasteiger partial charge in [-0.15, -0.1) is 6.58 Å². The molecule has 0 radical (unpaired) electrons. The molecule has 84 valence electrons. The van der Waals surface area contributed by atoms with Crippen molar-refractivity contribution in [3.63, 3.8) is 0 Å². The molecule has 0 saturated heterocycles. The Morgan fingerprint density at radius 1 is 1.21 bits per heavy atom. The summed E-state index contributed by atoms with van der Waals surface area (Å²) >= 11 is 0. The van der Waals surface area contributed by atoms with Gasteiger partial charge in [0.25, 0.3) is 0 Å². The third kappa shape index (κ3) is 7.69. The van der Waals surface area contributed by atoms with Crippen molar-refractivity contribution in [2.75, 3.05) is 0 Å². The lowest BCUT2D eigenvalue weighted by Gasteiger charge is -2.33. The lowest BCUT2D eigenvalue weighted by Crippen LogP contribution is -2.47. The van der Waals surface area contributed by atoms with Crippen LogP contribution >= 0.6 is 0 Å². The number of allylic oxidation sites excluding steroid dienone is 1. The minimum absolute atomic E-state index is 1.03. The second-order valence-electron chi connectivity index (χ2n) is 5.07. The summed E-state index contributed by atoms with van der Waals surface area (Å²) in [6, 6.07) is 1.03. The normalized spacial score (nSPS) is 15.3. The molecule has 0 aromatic rings. The molecular formula is C9H24O2Si3. The van der Waals surface area contributed by atoms with Crippen LogP contribution in [0.2, 0.25) is 45.3 Å². The van der Waals surface area contributed by atoms with Gasteiger partial charge < -0.3 is 8.23 Å². The van der Waals surface area contributed by atoms with E-state index in [9.17, 15) is 0 Å². The fraction of sp³-hybridized carbons (Fsp3) is 0.778. The van der Waals surface area contributed by atoms with Crippen LogP contribution in [-0.2, 0) is 8.23 Å². The van der Waals surface area contributed by atoms with Gasteiger partial charge in [-0.05, 0) is 45.3 Å². The third-order valence-corrected chi connectivity index (χ3v) is 10.8. The minimum atomic E-state index is -1.86. The van der Waals surface area contributed by atoms with Crippen molar-refractivity contribution in [3.8, 4) is 0 Å². The van der Waals surface area contributed by atoms with E-state index in [1.165, 1.54) is 0 Å². The monoisotopic (exact) mass is 248 g/mol. The van der Waals surface area contributed by atoms with E-state index in [1.54, 1.807) is 0 Å². The fourth-order valence-electron chi connectivity index (χ4n) is 1.53. The molecule has 0 amide bonds. The predicted octanol–water partition coefficient (Wildman–Crippen LogP) is 3.10. The summed E-state index contributed by atoms with van der Waals surface area (Å²) in [5, 5.41) is 0. The van der Waals surface area contributed by atoms with Crippen molar-refractivity contribution in [3.05, 3.63) is 12.7 Å². The molecular weight excluding hydrogens is 224 g/mol. The molecule has 0 aliphatic rings. The molecule has 0 N–H and O–H groups in total. The highest BCUT2D eigenvalue weighted by Gasteiger charge is 2.32. The summed E-state index contributed by atoms with van der Waals surface area (Å²) < 4.78 is 12.2. The Morgan fingerprint density at radius 3 is 2.07 bits per heavy atom. The predicted molar refractivity (Wildman–Crippen MR) is 71.0 cm³/mol. The van der Waals surface area contributed by atoms with E-state index >= 15 is 0 Å². The van der Waals surface area contributed by atoms with Crippen molar-refractivity contribution in [1.29, 1.82) is 0 Å². The Hall–Kier alpha value is 0.311. The quantitative estimate of drug-likeness (QED) is 0.531. The first-order valence-electron chi connectivity index (χ1n) is 5.15. The van der Waals surface area contributed by atoms with Crippen LogP contribution < -0.4 is 0 Å². The second-order valence-corrected chi connectivity index (χ2v) is 15.9. The van der Waals surface area contributed by atoms with Gasteiger partial charge in [0, 0.05) is 0 Å². The van der Waals surface area contributed by atoms with Crippen molar-refractivity contribution in [2.45, 2.75) is 45.3 Å². The van der Waals surface area contributed by atoms with Gasteiger partial charge in [-0.1, -0.05) is 6.08 Å². The first-order valence-corrected chi connectivity index (χ1v) is 13.8. The van der Waals surface area contributed by atoms with Crippen molar-refractivity contribution in [2.24, 2.45) is 0 Å². The summed E-state index contributed by atoms with van der Waals surface area (Å²) in [5.41, 5.74) is 0. The Morgan fingerprint density at radius 2 is 1.71 bits per heavy atom. The minimum Gasteiger partial charge on any atom is -0.439 e. The molecule has 1 unspecified atom stereocenters. The average Bonchev–Trinajstić information content (AvgIpc) is 1.78. The van der Waals surface area contributed by atoms with Crippen LogP contribution in [0.1, 0.15) is 0 Å². The van der Waals surface area contributed by atoms with E-state index in [2.05, 4.69) is 45.9 Å². The largest absolute Gasteiger partial charge is 0.439 e. The maximum Gasteiger partial charge on any atom is 0.310 e. The van der Waals surface area contributed by atoms with Crippen LogP contribution in [0.3, 0.4) is 0 Å². The highest BCUT2D eigenvalue weighted by Crippen LogP contribution is 2.17. The second kappa shape index (κ2) is 5.41. The van der Waals surface area contributed by atoms with Crippen molar-refractivity contribution in [1.82, 2.24) is 0 Å². The summed E-state index contributed by atoms with van der Waals surface area (Å²) in [7, 11) is -4.39. The zero-order valence-electron chi connectivity index (χ0n) is 10.4. The highest BCUT2D eigenvalue weighted by atomic mass is 28.5. The highest BCUT2D eigenvalue weighted by molar-refractivity contribution is 6.84. The van der Waals surface area contributed by atoms with Crippen LogP contribution in [-0.4, -0.2) is 25.9 Å². The molecule has 0 fully saturated rings. The Labute approximate surface area is 92.4 Å². The van der Waals surface area contributed by atoms with Crippen LogP contribution in [0, 0.1) is 0 Å². The first kappa shape index (κ1) is 14.3. The third-order valence-electron chi connectivity index (χ3n) is 1.54. The number of rotatable bonds is 6. The molecule has 0 rings (SSSR count). The zero-order valence-corrected chi connectivity index (χ0v) is 13.5. The van der Waals surface area contributed by atoms with Crippen molar-refractivity contribution < 1.29 is 8.23 Å². The molecule has 5 heteroatoms. The van der Waals surface area contributed by atoms with E-state index in [0.29, 0.717) is 0 Å². The lowest BCUT2D eigenvalue weighted by atomic mass is 10.8. The molecule has 0 aliphatic carbocycles. The summed E-state index contributed by atoms with van der Waals surface area (Å²) in [6.45, 7) is 16.9. The van der Waals surface area contributed by atoms with Gasteiger partial charge >= 0.3 is 8.56 Å². The Bertz CT molecular complexity index is 187. The topological polar surface area (TPSA) is 18.5 Å². The van der Waals surface area contributed by atoms with E-state index in [0.717, 1.165) is 6.04 Å². The standard InChI is InChI=1S/C9H24O2Si3/c1-8-9-12(2)10-14(6,7)11-13(3,4)5/h8,12H,1,9H2,2-7H3. The van der Waals surface area contributed by atoms with Crippen LogP contribution in [0.15, 0.2) is 12.7 Å². The van der Waals surface area contributed by atoms with Crippen LogP contribution in [0.5, 0.6) is 0 Å². The molecule has 14 heavy (non-hydrogen) atoms. The maximum absolute atomic E-state index is 6.10. The number of hydrogen-bond acceptors (Lipinski definition) is 2. The average molecular weight is 249 g/mol. The van der Waals surface area contributed by atoms with E-state index in [1.807, 2.05) is 6.08 Å². The van der Waals surface area contributed by atoms with Gasteiger partial charge in [-0.3, -0.25) is 0 Å². The Kier molecular flexibility index (Phi) is 5.53. The molecule has 0 saturated carbocycles. The molecule has 0 heterocycles. The van der Waals surface area contributed by atoms with Gasteiger partial charge in [0.2, 0.25) is 0 Å². The molecule has 0 aromatic carbocycles. The van der Waals surface area contributed by atoms with Gasteiger partial charge in [-0.2, -0.15) is 0 Å². The SMILES string of the molecule is C=CC[SiH](C)O[Si](C)(C)O[Si](C)(C)C. The van der Waals surface area contributed by atoms with Gasteiger partial charge in [0.1, 0.15) is 0 Å². The van der Waals surface area contributed by atoms with E-state index in [-0.39, 0.29) is 0 Å². The molecule has 2 nitrogen and oxygen atoms in total. The maximum atomic E-state index is 6.10. The molecule has 1 atom stereocenters. The van der Waals surface area contributed by atoms with Crippen LogP contribution in [0.4, 0.5) is 0 Å². The van der Waals surface area contributed by atoms with Gasteiger partial charge in [-0.25, -0.2) is 0 Å². The Balaban J connectivity index is 4.12. The van der Waals surface area contributed by atoms with Gasteiger partial charge in [0.15, 0.2) is 17.4 Å². The zero-order chi connectivity index (χ0) is 11.4. The summed E-state index contributed by atoms with van der Waals surface area (Å²) in [6.07, 6.45) is 1.95. The van der Waals surface area contributed by atoms with Gasteiger partial charge in [0.05, 0.1) is 0 Å². The molecule has 0 aromatic heterocycles. The molecule has 0 bridgehead atoms. The van der Waals surface area contributed by atoms with Crippen LogP contribution in [0.25, 0.3) is 0 Å². The first-order chi connectivity index (χ1) is 6.16. The molecule has 0 aliphatic heterocycles. The summed E-state index contributed by atoms with van der Waals surface area (Å²) in [5.74, 6) is 0. The van der Waals surface area contributed by atoms with Crippen molar-refractivity contribution >= 4 is 25.9 Å². The smallest absolute Gasteiger partial charge is 0.310 e. The number of hydrogen-bond donors (Lipinski definition) is 0. The summed E-state index contributed by atoms with van der Waals surface area (Å²) in [4.78, 5) is 0. The molecule has 0 spiro atoms.